The molecule has 1 N–H and O–H groups in total. The Morgan fingerprint density at radius 2 is 1.70 bits per heavy atom. The number of Topliss-reactive ketones (excluding diaryl/α,β-unsaturated/α-hetero) is 2. The van der Waals surface area contributed by atoms with E-state index in [1.165, 1.54) is 0 Å². The molecular formula is C43H66N4O9. The SMILES string of the molecule is CC[C@H]1OC(=O)[C@H](C)C(=O)[C@H](C)[C@@H](OC2O[C@H](C)C[C@H](C)[C@H]2O)C(C)(C)C[C@@H](C)C(=O)[C@H](C)[C@H]2N(CCCC(C)(C)n3cnc4cccnc43)C(=O)O[C@]12CC. The summed E-state index contributed by atoms with van der Waals surface area (Å²) in [6.45, 7) is 23.0. The molecule has 13 heteroatoms. The number of carbonyl (C=O) groups is 4. The number of aliphatic hydroxyl groups is 1. The van der Waals surface area contributed by atoms with E-state index in [1.54, 1.807) is 31.3 Å². The van der Waals surface area contributed by atoms with Crippen LogP contribution < -0.4 is 0 Å². The van der Waals surface area contributed by atoms with Crippen LogP contribution in [0, 0.1) is 35.0 Å². The first kappa shape index (κ1) is 43.7. The highest BCUT2D eigenvalue weighted by atomic mass is 16.7. The molecule has 3 aliphatic heterocycles. The summed E-state index contributed by atoms with van der Waals surface area (Å²) in [4.78, 5) is 67.9. The fraction of sp³-hybridized carbons (Fsp3) is 0.767. The number of esters is 1. The summed E-state index contributed by atoms with van der Waals surface area (Å²) in [5, 5.41) is 11.1. The van der Waals surface area contributed by atoms with Gasteiger partial charge >= 0.3 is 12.1 Å². The maximum atomic E-state index is 14.8. The molecule has 3 saturated heterocycles. The number of ketones is 2. The monoisotopic (exact) mass is 782 g/mol. The third-order valence-electron chi connectivity index (χ3n) is 13.1. The predicted octanol–water partition coefficient (Wildman–Crippen LogP) is 6.87. The van der Waals surface area contributed by atoms with E-state index in [-0.39, 0.29) is 30.0 Å². The van der Waals surface area contributed by atoms with E-state index in [1.807, 2.05) is 72.1 Å². The van der Waals surface area contributed by atoms with Crippen LogP contribution >= 0.6 is 0 Å². The van der Waals surface area contributed by atoms with Gasteiger partial charge in [0.25, 0.3) is 0 Å². The average molecular weight is 783 g/mol. The Hall–Kier alpha value is -3.42. The van der Waals surface area contributed by atoms with Crippen LogP contribution in [0.15, 0.2) is 24.7 Å². The zero-order valence-corrected chi connectivity index (χ0v) is 35.6. The van der Waals surface area contributed by atoms with Crippen LogP contribution in [-0.2, 0) is 38.9 Å². The first-order chi connectivity index (χ1) is 26.2. The van der Waals surface area contributed by atoms with Gasteiger partial charge in [-0.25, -0.2) is 14.8 Å². The highest BCUT2D eigenvalue weighted by Crippen LogP contribution is 2.46. The topological polar surface area (TPSA) is 159 Å². The van der Waals surface area contributed by atoms with Gasteiger partial charge in [-0.05, 0) is 89.7 Å². The number of nitrogens with zero attached hydrogens (tertiary/aromatic N) is 4. The van der Waals surface area contributed by atoms with Crippen molar-refractivity contribution in [3.05, 3.63) is 24.7 Å². The van der Waals surface area contributed by atoms with Crippen LogP contribution in [0.5, 0.6) is 0 Å². The summed E-state index contributed by atoms with van der Waals surface area (Å²) < 4.78 is 27.3. The maximum Gasteiger partial charge on any atom is 0.410 e. The second kappa shape index (κ2) is 16.8. The lowest BCUT2D eigenvalue weighted by Crippen LogP contribution is -2.59. The average Bonchev–Trinajstić information content (AvgIpc) is 3.71. The molecule has 1 unspecified atom stereocenters. The predicted molar refractivity (Wildman–Crippen MR) is 210 cm³/mol. The summed E-state index contributed by atoms with van der Waals surface area (Å²) >= 11 is 0. The van der Waals surface area contributed by atoms with Gasteiger partial charge in [-0.3, -0.25) is 14.4 Å². The Morgan fingerprint density at radius 3 is 2.36 bits per heavy atom. The Labute approximate surface area is 332 Å². The molecule has 312 valence electrons. The van der Waals surface area contributed by atoms with E-state index < -0.39 is 82.9 Å². The van der Waals surface area contributed by atoms with Gasteiger partial charge in [-0.1, -0.05) is 55.4 Å². The summed E-state index contributed by atoms with van der Waals surface area (Å²) in [5.41, 5.74) is -0.947. The van der Waals surface area contributed by atoms with Crippen molar-refractivity contribution in [2.75, 3.05) is 6.54 Å². The molecule has 2 aromatic heterocycles. The van der Waals surface area contributed by atoms with E-state index in [0.29, 0.717) is 38.6 Å². The summed E-state index contributed by atoms with van der Waals surface area (Å²) in [6, 6.07) is 3.03. The quantitative estimate of drug-likeness (QED) is 0.209. The molecule has 2 aromatic rings. The molecule has 0 radical (unpaired) electrons. The van der Waals surface area contributed by atoms with Gasteiger partial charge in [-0.2, -0.15) is 0 Å². The fourth-order valence-electron chi connectivity index (χ4n) is 10.0. The molecule has 13 nitrogen and oxygen atoms in total. The van der Waals surface area contributed by atoms with Crippen molar-refractivity contribution in [3.63, 3.8) is 0 Å². The molecule has 0 saturated carbocycles. The second-order valence-corrected chi connectivity index (χ2v) is 18.3. The summed E-state index contributed by atoms with van der Waals surface area (Å²) in [6.07, 6.45) is 2.00. The fourth-order valence-corrected chi connectivity index (χ4v) is 10.0. The van der Waals surface area contributed by atoms with Gasteiger partial charge in [0.15, 0.2) is 23.3 Å². The molecule has 5 rings (SSSR count). The van der Waals surface area contributed by atoms with Crippen molar-refractivity contribution < 1.29 is 43.2 Å². The maximum absolute atomic E-state index is 14.8. The molecule has 0 aromatic carbocycles. The normalized spacial score (nSPS) is 36.2. The standard InChI is InChI=1S/C43H66N4O9/c1-13-31-43(14-2)35(46(40(52)56-43)20-16-18-42(11,12)47-23-45-30-17-15-19-44-37(30)47)27(6)32(48)25(4)22-41(9,10)36(28(7)34(50)29(8)38(51)54-31)55-39-33(49)24(3)21-26(5)53-39/h15,17,19,23-29,31,33,35-36,39,49H,13-14,16,18,20-22H2,1-12H3/t24-,25+,26+,27-,28-,29+,31+,33+,35+,36+,39?,43+/m0/s1. The van der Waals surface area contributed by atoms with Gasteiger partial charge in [-0.15, -0.1) is 0 Å². The first-order valence-electron chi connectivity index (χ1n) is 20.8. The van der Waals surface area contributed by atoms with Crippen molar-refractivity contribution >= 4 is 34.8 Å². The largest absolute Gasteiger partial charge is 0.457 e. The Balaban J connectivity index is 1.49. The molecule has 0 bridgehead atoms. The molecule has 5 heterocycles. The zero-order valence-electron chi connectivity index (χ0n) is 35.6. The van der Waals surface area contributed by atoms with E-state index >= 15 is 0 Å². The van der Waals surface area contributed by atoms with Crippen molar-refractivity contribution in [3.8, 4) is 0 Å². The lowest BCUT2D eigenvalue weighted by atomic mass is 9.68. The van der Waals surface area contributed by atoms with Gasteiger partial charge in [0.2, 0.25) is 0 Å². The second-order valence-electron chi connectivity index (χ2n) is 18.3. The Kier molecular flexibility index (Phi) is 13.1. The summed E-state index contributed by atoms with van der Waals surface area (Å²) in [5.74, 6) is -4.45. The van der Waals surface area contributed by atoms with Crippen LogP contribution in [0.25, 0.3) is 11.2 Å². The molecule has 3 aliphatic rings. The lowest BCUT2D eigenvalue weighted by Gasteiger charge is -2.46. The number of cyclic esters (lactones) is 1. The number of rotatable bonds is 9. The van der Waals surface area contributed by atoms with Crippen LogP contribution in [0.2, 0.25) is 0 Å². The number of aliphatic hydroxyl groups excluding tert-OH is 1. The zero-order chi connectivity index (χ0) is 41.5. The van der Waals surface area contributed by atoms with Gasteiger partial charge in [0.1, 0.15) is 29.4 Å². The highest BCUT2D eigenvalue weighted by molar-refractivity contribution is 6.00. The number of ether oxygens (including phenoxy) is 4. The van der Waals surface area contributed by atoms with E-state index in [2.05, 4.69) is 23.8 Å². The molecule has 1 amide bonds. The van der Waals surface area contributed by atoms with Crippen LogP contribution in [0.4, 0.5) is 4.79 Å². The molecular weight excluding hydrogens is 716 g/mol. The number of aromatic nitrogens is 3. The van der Waals surface area contributed by atoms with E-state index in [4.69, 9.17) is 18.9 Å². The molecule has 0 spiro atoms. The van der Waals surface area contributed by atoms with E-state index in [9.17, 15) is 24.3 Å². The lowest BCUT2D eigenvalue weighted by molar-refractivity contribution is -0.284. The number of carbonyl (C=O) groups excluding carboxylic acids is 4. The number of pyridine rings is 1. The minimum Gasteiger partial charge on any atom is -0.457 e. The molecule has 12 atom stereocenters. The smallest absolute Gasteiger partial charge is 0.410 e. The van der Waals surface area contributed by atoms with Gasteiger partial charge in [0, 0.05) is 36.0 Å². The minimum atomic E-state index is -1.34. The first-order valence-corrected chi connectivity index (χ1v) is 20.8. The van der Waals surface area contributed by atoms with Crippen molar-refractivity contribution in [1.29, 1.82) is 0 Å². The van der Waals surface area contributed by atoms with Crippen LogP contribution in [-0.4, -0.2) is 97.1 Å². The highest BCUT2D eigenvalue weighted by Gasteiger charge is 2.61. The van der Waals surface area contributed by atoms with Crippen molar-refractivity contribution in [1.82, 2.24) is 19.4 Å². The number of hydrogen-bond donors (Lipinski definition) is 1. The number of imidazole rings is 1. The molecule has 0 aliphatic carbocycles. The summed E-state index contributed by atoms with van der Waals surface area (Å²) in [7, 11) is 0. The van der Waals surface area contributed by atoms with Crippen LogP contribution in [0.3, 0.4) is 0 Å². The third kappa shape index (κ3) is 8.27. The van der Waals surface area contributed by atoms with Gasteiger partial charge < -0.3 is 33.5 Å². The number of amides is 1. The molecule has 56 heavy (non-hydrogen) atoms. The minimum absolute atomic E-state index is 0.0685. The van der Waals surface area contributed by atoms with Crippen molar-refractivity contribution in [2.24, 2.45) is 35.0 Å². The third-order valence-corrected chi connectivity index (χ3v) is 13.1. The van der Waals surface area contributed by atoms with Crippen molar-refractivity contribution in [2.45, 2.75) is 169 Å². The molecule has 3 fully saturated rings. The van der Waals surface area contributed by atoms with E-state index in [0.717, 1.165) is 11.2 Å². The Morgan fingerprint density at radius 1 is 1.00 bits per heavy atom. The van der Waals surface area contributed by atoms with Gasteiger partial charge in [0.05, 0.1) is 24.6 Å². The number of hydrogen-bond acceptors (Lipinski definition) is 11. The van der Waals surface area contributed by atoms with Crippen LogP contribution in [0.1, 0.15) is 122 Å². The number of fused-ring (bicyclic) bond motifs is 2. The Bertz CT molecular complexity index is 1740.